The number of thiophene rings is 1. The van der Waals surface area contributed by atoms with E-state index in [9.17, 15) is 4.79 Å². The number of methoxy groups -OCH3 is 1. The van der Waals surface area contributed by atoms with E-state index in [1.165, 1.54) is 0 Å². The van der Waals surface area contributed by atoms with E-state index in [-0.39, 0.29) is 48.8 Å². The molecular weight excluding hydrogens is 281 g/mol. The van der Waals surface area contributed by atoms with E-state index in [0.29, 0.717) is 6.61 Å². The molecule has 0 bridgehead atoms. The number of carbonyl (C=O) groups is 1. The maximum atomic E-state index is 12.0. The number of hydrogen-bond acceptors (Lipinski definition) is 3. The second-order valence-corrected chi connectivity index (χ2v) is 5.38. The third kappa shape index (κ3) is 4.22. The summed E-state index contributed by atoms with van der Waals surface area (Å²) in [5.41, 5.74) is 2.08. The fourth-order valence-electron chi connectivity index (χ4n) is 1.90. The molecule has 18 heavy (non-hydrogen) atoms. The van der Waals surface area contributed by atoms with Crippen molar-refractivity contribution in [1.82, 2.24) is 0 Å². The molecule has 0 fully saturated rings. The van der Waals surface area contributed by atoms with Crippen molar-refractivity contribution in [1.29, 1.82) is 0 Å². The molecule has 0 radical (unpaired) electrons. The summed E-state index contributed by atoms with van der Waals surface area (Å²) in [5.74, 6) is -0.0937. The van der Waals surface area contributed by atoms with Crippen molar-refractivity contribution < 1.29 is 40.5 Å². The zero-order valence-electron chi connectivity index (χ0n) is 12.6. The topological polar surface area (TPSA) is 29.5 Å². The average Bonchev–Trinajstić information content (AvgIpc) is 2.61. The predicted molar refractivity (Wildman–Crippen MR) is 74.4 cm³/mol. The van der Waals surface area contributed by atoms with E-state index in [0.717, 1.165) is 16.1 Å². The van der Waals surface area contributed by atoms with Crippen LogP contribution in [-0.4, -0.2) is 31.5 Å². The van der Waals surface area contributed by atoms with Crippen molar-refractivity contribution >= 4 is 34.5 Å². The second-order valence-electron chi connectivity index (χ2n) is 4.03. The zero-order valence-corrected chi connectivity index (χ0v) is 15.2. The number of nitrogens with zero attached hydrogens (tertiary/aromatic N) is 1. The summed E-state index contributed by atoms with van der Waals surface area (Å²) in [7, 11) is 1.63. The van der Waals surface area contributed by atoms with E-state index in [4.69, 9.17) is 16.3 Å². The van der Waals surface area contributed by atoms with Crippen LogP contribution in [0.3, 0.4) is 0 Å². The van der Waals surface area contributed by atoms with Gasteiger partial charge in [-0.15, -0.1) is 22.9 Å². The largest absolute Gasteiger partial charge is 1.00 e. The maximum Gasteiger partial charge on any atom is 1.00 e. The van der Waals surface area contributed by atoms with Crippen molar-refractivity contribution in [3.8, 4) is 0 Å². The van der Waals surface area contributed by atoms with Gasteiger partial charge in [0.1, 0.15) is 5.88 Å². The van der Waals surface area contributed by atoms with Crippen LogP contribution < -0.4 is 34.5 Å². The molecule has 3 nitrogen and oxygen atoms in total. The fourth-order valence-corrected chi connectivity index (χ4v) is 2.86. The van der Waals surface area contributed by atoms with Gasteiger partial charge in [0.25, 0.3) is 0 Å². The summed E-state index contributed by atoms with van der Waals surface area (Å²) in [6, 6.07) is -0.0155. The summed E-state index contributed by atoms with van der Waals surface area (Å²) in [5, 5.41) is 2.05. The molecule has 1 amide bonds. The van der Waals surface area contributed by atoms with Crippen LogP contribution in [0.5, 0.6) is 0 Å². The van der Waals surface area contributed by atoms with E-state index >= 15 is 0 Å². The van der Waals surface area contributed by atoms with Gasteiger partial charge < -0.3 is 11.1 Å². The number of alkyl halides is 1. The summed E-state index contributed by atoms with van der Waals surface area (Å²) in [6.45, 7) is 6.48. The minimum absolute atomic E-state index is 0. The Morgan fingerprint density at radius 3 is 2.61 bits per heavy atom. The van der Waals surface area contributed by atoms with E-state index in [1.807, 2.05) is 20.8 Å². The van der Waals surface area contributed by atoms with Gasteiger partial charge in [0.2, 0.25) is 5.91 Å². The maximum absolute atomic E-state index is 12.0. The first-order valence-corrected chi connectivity index (χ1v) is 6.86. The number of rotatable bonds is 5. The van der Waals surface area contributed by atoms with Crippen molar-refractivity contribution in [3.05, 3.63) is 15.8 Å². The Labute approximate surface area is 141 Å². The molecule has 0 saturated heterocycles. The van der Waals surface area contributed by atoms with Crippen LogP contribution in [-0.2, 0) is 9.53 Å². The summed E-state index contributed by atoms with van der Waals surface area (Å²) in [6.07, 6.45) is 0. The van der Waals surface area contributed by atoms with E-state index < -0.39 is 0 Å². The molecule has 1 atom stereocenters. The molecule has 0 aliphatic rings. The SMILES string of the molecule is COC[C@H](C)N(C(=O)CCl)c1c(C)csc1C.[H-].[Na+]. The van der Waals surface area contributed by atoms with Crippen LogP contribution in [0.2, 0.25) is 0 Å². The Bertz CT molecular complexity index is 384. The number of ether oxygens (including phenoxy) is 1. The second kappa shape index (κ2) is 8.56. The Morgan fingerprint density at radius 2 is 2.22 bits per heavy atom. The summed E-state index contributed by atoms with van der Waals surface area (Å²) in [4.78, 5) is 14.9. The van der Waals surface area contributed by atoms with Gasteiger partial charge in [0.15, 0.2) is 0 Å². The van der Waals surface area contributed by atoms with Crippen molar-refractivity contribution in [3.63, 3.8) is 0 Å². The summed E-state index contributed by atoms with van der Waals surface area (Å²) < 4.78 is 5.12. The molecule has 0 unspecified atom stereocenters. The standard InChI is InChI=1S/C12H18ClNO2S.Na.H/c1-8-7-17-10(3)12(8)14(11(15)5-13)9(2)6-16-4;;/h7,9H,5-6H2,1-4H3;;/q;+1;-1/t9-;;/m0../s1. The minimum Gasteiger partial charge on any atom is -1.00 e. The average molecular weight is 300 g/mol. The molecule has 0 spiro atoms. The molecule has 0 N–H and O–H groups in total. The normalized spacial score (nSPS) is 11.8. The van der Waals surface area contributed by atoms with Gasteiger partial charge in [0.05, 0.1) is 18.3 Å². The van der Waals surface area contributed by atoms with Gasteiger partial charge in [0, 0.05) is 12.0 Å². The van der Waals surface area contributed by atoms with E-state index in [2.05, 4.69) is 5.38 Å². The zero-order chi connectivity index (χ0) is 13.0. The van der Waals surface area contributed by atoms with Gasteiger partial charge in [-0.2, -0.15) is 0 Å². The first-order chi connectivity index (χ1) is 8.02. The molecule has 6 heteroatoms. The third-order valence-electron chi connectivity index (χ3n) is 2.59. The fraction of sp³-hybridized carbons (Fsp3) is 0.583. The molecule has 1 aromatic heterocycles. The molecule has 1 rings (SSSR count). The summed E-state index contributed by atoms with van der Waals surface area (Å²) >= 11 is 7.33. The molecule has 0 aromatic carbocycles. The first kappa shape index (κ1) is 18.4. The van der Waals surface area contributed by atoms with Crippen LogP contribution in [0.25, 0.3) is 0 Å². The number of aryl methyl sites for hydroxylation is 2. The molecule has 0 aliphatic heterocycles. The Kier molecular flexibility index (Phi) is 8.76. The van der Waals surface area contributed by atoms with Crippen LogP contribution in [0.4, 0.5) is 5.69 Å². The number of amides is 1. The molecular formula is C12H19ClNNaO2S. The predicted octanol–water partition coefficient (Wildman–Crippen LogP) is 0.0881. The Balaban J connectivity index is 0. The molecule has 0 saturated carbocycles. The Hall–Kier alpha value is 0.420. The quantitative estimate of drug-likeness (QED) is 0.570. The van der Waals surface area contributed by atoms with Crippen LogP contribution in [0, 0.1) is 13.8 Å². The van der Waals surface area contributed by atoms with Gasteiger partial charge in [-0.3, -0.25) is 4.79 Å². The van der Waals surface area contributed by atoms with Crippen molar-refractivity contribution in [2.24, 2.45) is 0 Å². The van der Waals surface area contributed by atoms with Crippen molar-refractivity contribution in [2.75, 3.05) is 24.5 Å². The van der Waals surface area contributed by atoms with Gasteiger partial charge in [-0.1, -0.05) is 0 Å². The minimum atomic E-state index is -0.0826. The first-order valence-electron chi connectivity index (χ1n) is 5.44. The molecule has 1 heterocycles. The van der Waals surface area contributed by atoms with Crippen LogP contribution in [0.15, 0.2) is 5.38 Å². The third-order valence-corrected chi connectivity index (χ3v) is 3.84. The molecule has 98 valence electrons. The van der Waals surface area contributed by atoms with Gasteiger partial charge in [-0.25, -0.2) is 0 Å². The number of hydrogen-bond donors (Lipinski definition) is 0. The van der Waals surface area contributed by atoms with Crippen LogP contribution >= 0.6 is 22.9 Å². The molecule has 1 aromatic rings. The number of halogens is 1. The number of carbonyl (C=O) groups excluding carboxylic acids is 1. The van der Waals surface area contributed by atoms with Crippen molar-refractivity contribution in [2.45, 2.75) is 26.8 Å². The van der Waals surface area contributed by atoms with Gasteiger partial charge >= 0.3 is 29.6 Å². The Morgan fingerprint density at radius 1 is 1.61 bits per heavy atom. The van der Waals surface area contributed by atoms with Crippen LogP contribution in [0.1, 0.15) is 18.8 Å². The smallest absolute Gasteiger partial charge is 1.00 e. The number of anilines is 1. The van der Waals surface area contributed by atoms with E-state index in [1.54, 1.807) is 23.3 Å². The monoisotopic (exact) mass is 299 g/mol. The van der Waals surface area contributed by atoms with Gasteiger partial charge in [-0.05, 0) is 31.7 Å². The molecule has 0 aliphatic carbocycles.